The van der Waals surface area contributed by atoms with Crippen LogP contribution in [0.2, 0.25) is 0 Å². The van der Waals surface area contributed by atoms with E-state index in [0.29, 0.717) is 18.7 Å². The molecule has 152 valence electrons. The average molecular weight is 425 g/mol. The van der Waals surface area contributed by atoms with E-state index in [1.807, 2.05) is 31.3 Å². The standard InChI is InChI=1S/C20H24N4O2.2ClH/c1-14-6-12-24(16-4-9-21-10-5-16)20(26)18(14)19(25)23-11-7-17-15(13-23)3-2-8-22-17;;/h2-3,6,8,12,16,21H,4-5,7,9-11,13H2,1H3;2*1H. The van der Waals surface area contributed by atoms with Gasteiger partial charge in [-0.15, -0.1) is 24.8 Å². The van der Waals surface area contributed by atoms with Crippen molar-refractivity contribution in [3.63, 3.8) is 0 Å². The second kappa shape index (κ2) is 9.54. The Kier molecular flexibility index (Phi) is 7.63. The fourth-order valence-corrected chi connectivity index (χ4v) is 3.97. The molecular weight excluding hydrogens is 399 g/mol. The molecule has 1 fully saturated rings. The van der Waals surface area contributed by atoms with Gasteiger partial charge in [-0.2, -0.15) is 0 Å². The molecule has 0 radical (unpaired) electrons. The van der Waals surface area contributed by atoms with Crippen LogP contribution in [0.1, 0.15) is 46.1 Å². The summed E-state index contributed by atoms with van der Waals surface area (Å²) in [6.07, 6.45) is 6.20. The lowest BCUT2D eigenvalue weighted by Gasteiger charge is -2.29. The molecule has 0 aromatic carbocycles. The van der Waals surface area contributed by atoms with Gasteiger partial charge in [0.25, 0.3) is 11.5 Å². The van der Waals surface area contributed by atoms with Gasteiger partial charge in [0.1, 0.15) is 5.56 Å². The predicted molar refractivity (Wildman–Crippen MR) is 114 cm³/mol. The molecular formula is C20H26Cl2N4O2. The topological polar surface area (TPSA) is 67.2 Å². The molecule has 2 aromatic rings. The van der Waals surface area contributed by atoms with E-state index in [2.05, 4.69) is 10.3 Å². The van der Waals surface area contributed by atoms with Crippen molar-refractivity contribution in [1.82, 2.24) is 19.8 Å². The first-order valence-corrected chi connectivity index (χ1v) is 9.29. The predicted octanol–water partition coefficient (Wildman–Crippen LogP) is 2.52. The molecule has 1 amide bonds. The van der Waals surface area contributed by atoms with Crippen LogP contribution in [0, 0.1) is 6.92 Å². The van der Waals surface area contributed by atoms with Gasteiger partial charge in [0.15, 0.2) is 0 Å². The van der Waals surface area contributed by atoms with Crippen molar-refractivity contribution in [3.05, 3.63) is 63.3 Å². The highest BCUT2D eigenvalue weighted by atomic mass is 35.5. The number of rotatable bonds is 2. The molecule has 2 aliphatic rings. The lowest BCUT2D eigenvalue weighted by atomic mass is 10.0. The van der Waals surface area contributed by atoms with Crippen LogP contribution >= 0.6 is 24.8 Å². The molecule has 2 aliphatic heterocycles. The van der Waals surface area contributed by atoms with E-state index in [4.69, 9.17) is 0 Å². The Hall–Kier alpha value is -1.89. The highest BCUT2D eigenvalue weighted by Crippen LogP contribution is 2.21. The van der Waals surface area contributed by atoms with Crippen molar-refractivity contribution >= 4 is 30.7 Å². The number of amides is 1. The summed E-state index contributed by atoms with van der Waals surface area (Å²) in [6.45, 7) is 4.78. The number of aromatic nitrogens is 2. The van der Waals surface area contributed by atoms with E-state index in [1.54, 1.807) is 15.7 Å². The molecule has 0 bridgehead atoms. The van der Waals surface area contributed by atoms with Crippen LogP contribution in [0.5, 0.6) is 0 Å². The monoisotopic (exact) mass is 424 g/mol. The van der Waals surface area contributed by atoms with E-state index >= 15 is 0 Å². The number of nitrogens with zero attached hydrogens (tertiary/aromatic N) is 3. The van der Waals surface area contributed by atoms with Gasteiger partial charge in [0.2, 0.25) is 0 Å². The molecule has 0 aliphatic carbocycles. The van der Waals surface area contributed by atoms with Gasteiger partial charge in [-0.1, -0.05) is 6.07 Å². The van der Waals surface area contributed by atoms with Crippen molar-refractivity contribution in [3.8, 4) is 0 Å². The highest BCUT2D eigenvalue weighted by molar-refractivity contribution is 5.95. The van der Waals surface area contributed by atoms with Crippen molar-refractivity contribution in [2.24, 2.45) is 0 Å². The smallest absolute Gasteiger partial charge is 0.263 e. The summed E-state index contributed by atoms with van der Waals surface area (Å²) < 4.78 is 1.76. The fourth-order valence-electron chi connectivity index (χ4n) is 3.97. The normalized spacial score (nSPS) is 16.5. The Morgan fingerprint density at radius 1 is 1.21 bits per heavy atom. The largest absolute Gasteiger partial charge is 0.334 e. The molecule has 1 N–H and O–H groups in total. The molecule has 0 atom stereocenters. The summed E-state index contributed by atoms with van der Waals surface area (Å²) in [4.78, 5) is 32.4. The van der Waals surface area contributed by atoms with Gasteiger partial charge >= 0.3 is 0 Å². The molecule has 0 spiro atoms. The molecule has 6 nitrogen and oxygen atoms in total. The molecule has 0 unspecified atom stereocenters. The average Bonchev–Trinajstić information content (AvgIpc) is 2.68. The number of carbonyl (C=O) groups is 1. The lowest BCUT2D eigenvalue weighted by molar-refractivity contribution is 0.0730. The van der Waals surface area contributed by atoms with E-state index < -0.39 is 0 Å². The van der Waals surface area contributed by atoms with Crippen LogP contribution in [0.25, 0.3) is 0 Å². The number of fused-ring (bicyclic) bond motifs is 1. The summed E-state index contributed by atoms with van der Waals surface area (Å²) in [6, 6.07) is 5.97. The van der Waals surface area contributed by atoms with Crippen LogP contribution in [-0.2, 0) is 13.0 Å². The van der Waals surface area contributed by atoms with Gasteiger partial charge in [-0.25, -0.2) is 0 Å². The first-order chi connectivity index (χ1) is 12.6. The zero-order valence-corrected chi connectivity index (χ0v) is 17.5. The zero-order valence-electron chi connectivity index (χ0n) is 15.9. The molecule has 4 rings (SSSR count). The third-order valence-electron chi connectivity index (χ3n) is 5.50. The van der Waals surface area contributed by atoms with Crippen molar-refractivity contribution in [2.45, 2.75) is 38.8 Å². The number of pyridine rings is 2. The van der Waals surface area contributed by atoms with Crippen LogP contribution in [0.15, 0.2) is 35.4 Å². The molecule has 28 heavy (non-hydrogen) atoms. The number of hydrogen-bond acceptors (Lipinski definition) is 4. The Morgan fingerprint density at radius 2 is 1.96 bits per heavy atom. The first-order valence-electron chi connectivity index (χ1n) is 9.29. The van der Waals surface area contributed by atoms with Crippen LogP contribution in [-0.4, -0.2) is 40.0 Å². The number of halogens is 2. The molecule has 1 saturated heterocycles. The molecule has 0 saturated carbocycles. The third kappa shape index (κ3) is 4.24. The van der Waals surface area contributed by atoms with Crippen LogP contribution < -0.4 is 10.9 Å². The summed E-state index contributed by atoms with van der Waals surface area (Å²) in [7, 11) is 0. The van der Waals surface area contributed by atoms with Gasteiger partial charge in [-0.05, 0) is 56.1 Å². The maximum Gasteiger partial charge on any atom is 0.263 e. The number of nitrogens with one attached hydrogen (secondary N) is 1. The second-order valence-corrected chi connectivity index (χ2v) is 7.15. The van der Waals surface area contributed by atoms with E-state index in [0.717, 1.165) is 49.2 Å². The number of hydrogen-bond donors (Lipinski definition) is 1. The van der Waals surface area contributed by atoms with Gasteiger partial charge in [0.05, 0.1) is 0 Å². The molecule has 4 heterocycles. The zero-order chi connectivity index (χ0) is 18.1. The van der Waals surface area contributed by atoms with E-state index in [9.17, 15) is 9.59 Å². The van der Waals surface area contributed by atoms with Crippen LogP contribution in [0.3, 0.4) is 0 Å². The van der Waals surface area contributed by atoms with Gasteiger partial charge in [0, 0.05) is 43.6 Å². The maximum atomic E-state index is 13.2. The minimum absolute atomic E-state index is 0. The van der Waals surface area contributed by atoms with Crippen molar-refractivity contribution in [2.75, 3.05) is 19.6 Å². The lowest BCUT2D eigenvalue weighted by Crippen LogP contribution is -2.42. The maximum absolute atomic E-state index is 13.2. The summed E-state index contributed by atoms with van der Waals surface area (Å²) in [5, 5.41) is 3.32. The minimum Gasteiger partial charge on any atom is -0.334 e. The quantitative estimate of drug-likeness (QED) is 0.803. The molecule has 8 heteroatoms. The SMILES string of the molecule is Cc1ccn(C2CCNCC2)c(=O)c1C(=O)N1CCc2ncccc2C1.Cl.Cl. The van der Waals surface area contributed by atoms with Crippen molar-refractivity contribution in [1.29, 1.82) is 0 Å². The molecule has 2 aromatic heterocycles. The Bertz CT molecular complexity index is 894. The number of aryl methyl sites for hydroxylation is 1. The summed E-state index contributed by atoms with van der Waals surface area (Å²) in [5.74, 6) is -0.162. The first kappa shape index (κ1) is 22.4. The highest BCUT2D eigenvalue weighted by Gasteiger charge is 2.27. The third-order valence-corrected chi connectivity index (χ3v) is 5.50. The number of piperidine rings is 1. The van der Waals surface area contributed by atoms with E-state index in [1.165, 1.54) is 0 Å². The fraction of sp³-hybridized carbons (Fsp3) is 0.450. The minimum atomic E-state index is -0.162. The Labute approximate surface area is 177 Å². The van der Waals surface area contributed by atoms with Crippen molar-refractivity contribution < 1.29 is 4.79 Å². The Balaban J connectivity index is 0.00000140. The second-order valence-electron chi connectivity index (χ2n) is 7.15. The van der Waals surface area contributed by atoms with E-state index in [-0.39, 0.29) is 42.3 Å². The Morgan fingerprint density at radius 3 is 2.71 bits per heavy atom. The van der Waals surface area contributed by atoms with Gasteiger partial charge in [-0.3, -0.25) is 14.6 Å². The number of carbonyl (C=O) groups excluding carboxylic acids is 1. The summed E-state index contributed by atoms with van der Waals surface area (Å²) in [5.41, 5.74) is 3.03. The van der Waals surface area contributed by atoms with Crippen LogP contribution in [0.4, 0.5) is 0 Å². The summed E-state index contributed by atoms with van der Waals surface area (Å²) >= 11 is 0. The van der Waals surface area contributed by atoms with Gasteiger partial charge < -0.3 is 14.8 Å².